The van der Waals surface area contributed by atoms with Crippen LogP contribution in [-0.4, -0.2) is 17.7 Å². The SMILES string of the molecule is Cc1noc(C(C)C)c1C(=O)Nc1ccc(OC(F)F)c(Cl)c1. The number of alkyl halides is 2. The monoisotopic (exact) mass is 344 g/mol. The van der Waals surface area contributed by atoms with Gasteiger partial charge in [-0.05, 0) is 25.1 Å². The molecule has 0 aliphatic rings. The number of hydrogen-bond donors (Lipinski definition) is 1. The number of nitrogens with one attached hydrogen (secondary N) is 1. The molecule has 124 valence electrons. The normalized spacial score (nSPS) is 11.1. The molecular formula is C15H15ClF2N2O3. The van der Waals surface area contributed by atoms with Gasteiger partial charge in [-0.3, -0.25) is 4.79 Å². The van der Waals surface area contributed by atoms with Crippen LogP contribution in [0.5, 0.6) is 5.75 Å². The lowest BCUT2D eigenvalue weighted by molar-refractivity contribution is -0.0497. The van der Waals surface area contributed by atoms with E-state index >= 15 is 0 Å². The van der Waals surface area contributed by atoms with Crippen LogP contribution in [0.1, 0.15) is 41.6 Å². The van der Waals surface area contributed by atoms with Crippen LogP contribution < -0.4 is 10.1 Å². The number of ether oxygens (including phenoxy) is 1. The molecule has 0 aliphatic heterocycles. The molecule has 5 nitrogen and oxygen atoms in total. The van der Waals surface area contributed by atoms with E-state index in [0.717, 1.165) is 0 Å². The van der Waals surface area contributed by atoms with Crippen molar-refractivity contribution in [2.24, 2.45) is 0 Å². The first-order chi connectivity index (χ1) is 10.8. The molecule has 2 rings (SSSR count). The van der Waals surface area contributed by atoms with Crippen molar-refractivity contribution in [3.8, 4) is 5.75 Å². The van der Waals surface area contributed by atoms with Gasteiger partial charge in [0, 0.05) is 11.6 Å². The van der Waals surface area contributed by atoms with E-state index in [1.165, 1.54) is 18.2 Å². The molecule has 0 spiro atoms. The van der Waals surface area contributed by atoms with Gasteiger partial charge in [-0.25, -0.2) is 0 Å². The summed E-state index contributed by atoms with van der Waals surface area (Å²) >= 11 is 5.85. The van der Waals surface area contributed by atoms with E-state index in [9.17, 15) is 13.6 Å². The summed E-state index contributed by atoms with van der Waals surface area (Å²) in [6, 6.07) is 4.00. The molecule has 1 amide bonds. The van der Waals surface area contributed by atoms with Gasteiger partial charge < -0.3 is 14.6 Å². The van der Waals surface area contributed by atoms with E-state index in [1.807, 2.05) is 13.8 Å². The number of amides is 1. The predicted molar refractivity (Wildman–Crippen MR) is 81.4 cm³/mol. The Morgan fingerprint density at radius 3 is 2.65 bits per heavy atom. The smallest absolute Gasteiger partial charge is 0.387 e. The van der Waals surface area contributed by atoms with Crippen molar-refractivity contribution >= 4 is 23.2 Å². The first-order valence-electron chi connectivity index (χ1n) is 6.81. The molecule has 8 heteroatoms. The molecule has 0 unspecified atom stereocenters. The number of carbonyl (C=O) groups excluding carboxylic acids is 1. The zero-order valence-electron chi connectivity index (χ0n) is 12.7. The third-order valence-corrected chi connectivity index (χ3v) is 3.34. The number of carbonyl (C=O) groups is 1. The highest BCUT2D eigenvalue weighted by molar-refractivity contribution is 6.32. The third-order valence-electron chi connectivity index (χ3n) is 3.05. The van der Waals surface area contributed by atoms with Crippen LogP contribution >= 0.6 is 11.6 Å². The standard InChI is InChI=1S/C15H15ClF2N2O3/c1-7(2)13-12(8(3)20-23-13)14(21)19-9-4-5-11(10(16)6-9)22-15(17)18/h4-7,15H,1-3H3,(H,19,21). The lowest BCUT2D eigenvalue weighted by Crippen LogP contribution is -2.15. The highest BCUT2D eigenvalue weighted by Gasteiger charge is 2.22. The fourth-order valence-electron chi connectivity index (χ4n) is 2.02. The Kier molecular flexibility index (Phi) is 5.20. The lowest BCUT2D eigenvalue weighted by atomic mass is 10.0. The second kappa shape index (κ2) is 6.95. The van der Waals surface area contributed by atoms with E-state index in [1.54, 1.807) is 6.92 Å². The fraction of sp³-hybridized carbons (Fsp3) is 0.333. The number of rotatable bonds is 5. The van der Waals surface area contributed by atoms with Gasteiger partial charge in [-0.1, -0.05) is 30.6 Å². The largest absolute Gasteiger partial charge is 0.433 e. The van der Waals surface area contributed by atoms with Crippen molar-refractivity contribution in [1.82, 2.24) is 5.16 Å². The second-order valence-corrected chi connectivity index (χ2v) is 5.55. The molecule has 23 heavy (non-hydrogen) atoms. The number of nitrogens with zero attached hydrogens (tertiary/aromatic N) is 1. The van der Waals surface area contributed by atoms with Gasteiger partial charge in [-0.2, -0.15) is 8.78 Å². The number of aromatic nitrogens is 1. The molecule has 2 aromatic rings. The Hall–Kier alpha value is -2.15. The molecule has 0 bridgehead atoms. The Bertz CT molecular complexity index is 717. The van der Waals surface area contributed by atoms with E-state index in [4.69, 9.17) is 16.1 Å². The quantitative estimate of drug-likeness (QED) is 0.860. The Labute approximate surface area is 136 Å². The van der Waals surface area contributed by atoms with Crippen LogP contribution in [0.25, 0.3) is 0 Å². The maximum absolute atomic E-state index is 12.4. The number of benzene rings is 1. The molecule has 0 aliphatic carbocycles. The average Bonchev–Trinajstić information content (AvgIpc) is 2.83. The van der Waals surface area contributed by atoms with Crippen molar-refractivity contribution in [2.45, 2.75) is 33.3 Å². The molecule has 1 aromatic carbocycles. The molecule has 0 saturated carbocycles. The number of anilines is 1. The lowest BCUT2D eigenvalue weighted by Gasteiger charge is -2.10. The van der Waals surface area contributed by atoms with Crippen LogP contribution in [0.3, 0.4) is 0 Å². The van der Waals surface area contributed by atoms with Crippen LogP contribution in [0.2, 0.25) is 5.02 Å². The maximum Gasteiger partial charge on any atom is 0.387 e. The van der Waals surface area contributed by atoms with Crippen molar-refractivity contribution in [3.05, 3.63) is 40.2 Å². The molecule has 1 N–H and O–H groups in total. The molecule has 1 aromatic heterocycles. The number of hydrogen-bond acceptors (Lipinski definition) is 4. The van der Waals surface area contributed by atoms with E-state index < -0.39 is 12.5 Å². The summed E-state index contributed by atoms with van der Waals surface area (Å²) in [6.45, 7) is 2.45. The minimum Gasteiger partial charge on any atom is -0.433 e. The van der Waals surface area contributed by atoms with Gasteiger partial charge in [0.25, 0.3) is 5.91 Å². The van der Waals surface area contributed by atoms with E-state index in [0.29, 0.717) is 22.7 Å². The van der Waals surface area contributed by atoms with Gasteiger partial charge in [0.05, 0.1) is 10.7 Å². The van der Waals surface area contributed by atoms with Crippen LogP contribution in [-0.2, 0) is 0 Å². The molecular weight excluding hydrogens is 330 g/mol. The van der Waals surface area contributed by atoms with Crippen LogP contribution in [0.15, 0.2) is 22.7 Å². The highest BCUT2D eigenvalue weighted by atomic mass is 35.5. The number of halogens is 3. The van der Waals surface area contributed by atoms with Crippen LogP contribution in [0.4, 0.5) is 14.5 Å². The first kappa shape index (κ1) is 17.2. The summed E-state index contributed by atoms with van der Waals surface area (Å²) in [5, 5.41) is 6.40. The van der Waals surface area contributed by atoms with Crippen molar-refractivity contribution < 1.29 is 22.8 Å². The molecule has 0 saturated heterocycles. The van der Waals surface area contributed by atoms with Gasteiger partial charge in [0.1, 0.15) is 11.3 Å². The Morgan fingerprint density at radius 1 is 1.39 bits per heavy atom. The highest BCUT2D eigenvalue weighted by Crippen LogP contribution is 2.30. The van der Waals surface area contributed by atoms with Crippen molar-refractivity contribution in [2.75, 3.05) is 5.32 Å². The van der Waals surface area contributed by atoms with Gasteiger partial charge in [0.2, 0.25) is 0 Å². The Balaban J connectivity index is 2.21. The summed E-state index contributed by atoms with van der Waals surface area (Å²) in [5.74, 6) is -0.110. The summed E-state index contributed by atoms with van der Waals surface area (Å²) in [4.78, 5) is 12.4. The zero-order valence-corrected chi connectivity index (χ0v) is 13.4. The average molecular weight is 345 g/mol. The van der Waals surface area contributed by atoms with Gasteiger partial charge in [-0.15, -0.1) is 0 Å². The summed E-state index contributed by atoms with van der Waals surface area (Å²) < 4.78 is 33.8. The minimum absolute atomic E-state index is 0.0117. The van der Waals surface area contributed by atoms with Gasteiger partial charge in [0.15, 0.2) is 5.76 Å². The van der Waals surface area contributed by atoms with Crippen LogP contribution in [0, 0.1) is 6.92 Å². The predicted octanol–water partition coefficient (Wildman–Crippen LogP) is 4.61. The second-order valence-electron chi connectivity index (χ2n) is 5.14. The fourth-order valence-corrected chi connectivity index (χ4v) is 2.25. The molecule has 1 heterocycles. The van der Waals surface area contributed by atoms with E-state index in [2.05, 4.69) is 15.2 Å². The summed E-state index contributed by atoms with van der Waals surface area (Å²) in [6.07, 6.45) is 0. The third kappa shape index (κ3) is 3.98. The molecule has 0 fully saturated rings. The summed E-state index contributed by atoms with van der Waals surface area (Å²) in [5.41, 5.74) is 1.16. The van der Waals surface area contributed by atoms with Crippen molar-refractivity contribution in [1.29, 1.82) is 0 Å². The molecule has 0 atom stereocenters. The van der Waals surface area contributed by atoms with E-state index in [-0.39, 0.29) is 16.7 Å². The summed E-state index contributed by atoms with van der Waals surface area (Å²) in [7, 11) is 0. The zero-order chi connectivity index (χ0) is 17.1. The molecule has 0 radical (unpaired) electrons. The topological polar surface area (TPSA) is 64.4 Å². The first-order valence-corrected chi connectivity index (χ1v) is 7.19. The Morgan fingerprint density at radius 2 is 2.09 bits per heavy atom. The van der Waals surface area contributed by atoms with Crippen molar-refractivity contribution in [3.63, 3.8) is 0 Å². The minimum atomic E-state index is -2.97. The van der Waals surface area contributed by atoms with Gasteiger partial charge >= 0.3 is 6.61 Å². The number of aryl methyl sites for hydroxylation is 1. The maximum atomic E-state index is 12.4.